The molecule has 0 spiro atoms. The van der Waals surface area contributed by atoms with Crippen LogP contribution < -0.4 is 9.30 Å². The number of rotatable bonds is 7. The Hall–Kier alpha value is -6.55. The third-order valence-electron chi connectivity index (χ3n) is 12.3. The molecule has 0 aliphatic heterocycles. The Morgan fingerprint density at radius 1 is 0.651 bits per heavy atom. The van der Waals surface area contributed by atoms with Crippen molar-refractivity contribution >= 4 is 32.8 Å². The molecule has 3 heterocycles. The average molecular weight is 1010 g/mol. The summed E-state index contributed by atoms with van der Waals surface area (Å²) in [5.41, 5.74) is 7.28. The van der Waals surface area contributed by atoms with Crippen molar-refractivity contribution in [2.45, 2.75) is 58.3 Å². The largest absolute Gasteiger partial charge is 0.510 e. The molecule has 0 fully saturated rings. The Kier molecular flexibility index (Phi) is 7.58. The topological polar surface area (TPSA) is 35.9 Å². The van der Waals surface area contributed by atoms with Crippen LogP contribution in [0, 0.1) is 25.4 Å². The molecule has 11 rings (SSSR count). The Morgan fingerprint density at radius 3 is 1.98 bits per heavy atom. The third-order valence-corrected chi connectivity index (χ3v) is 12.3. The molecule has 63 heavy (non-hydrogen) atoms. The Bertz CT molecular complexity index is 3810. The summed E-state index contributed by atoms with van der Waals surface area (Å²) in [6.07, 6.45) is 7.50. The second-order valence-corrected chi connectivity index (χ2v) is 17.2. The van der Waals surface area contributed by atoms with Crippen LogP contribution in [0.5, 0.6) is 11.5 Å². The number of aryl methyl sites for hydroxylation is 1. The van der Waals surface area contributed by atoms with Gasteiger partial charge in [0.1, 0.15) is 5.82 Å². The molecule has 0 amide bonds. The van der Waals surface area contributed by atoms with Crippen molar-refractivity contribution < 1.29 is 44.1 Å². The van der Waals surface area contributed by atoms with E-state index >= 15 is 0 Å². The van der Waals surface area contributed by atoms with E-state index in [1.807, 2.05) is 60.8 Å². The summed E-state index contributed by atoms with van der Waals surface area (Å²) in [5, 5.41) is 2.07. The van der Waals surface area contributed by atoms with Crippen LogP contribution in [0.2, 0.25) is 0 Å². The summed E-state index contributed by atoms with van der Waals surface area (Å²) in [4.78, 5) is 5.19. The first-order valence-corrected chi connectivity index (χ1v) is 20.7. The quantitative estimate of drug-likeness (QED) is 0.118. The number of hydrogen-bond donors (Lipinski definition) is 0. The maximum Gasteiger partial charge on any atom is 0.268 e. The van der Waals surface area contributed by atoms with E-state index in [0.29, 0.717) is 28.2 Å². The Labute approximate surface area is 397 Å². The number of nitrogens with zero attached hydrogens (tertiary/aromatic N) is 4. The normalized spacial score (nSPS) is 16.3. The minimum atomic E-state index is -0.569. The molecule has 0 saturated carbocycles. The Balaban J connectivity index is 0.00000611. The number of ether oxygens (including phenoxy) is 1. The van der Waals surface area contributed by atoms with E-state index in [1.54, 1.807) is 33.4 Å². The molecule has 10 aromatic rings. The van der Waals surface area contributed by atoms with E-state index in [-0.39, 0.29) is 59.8 Å². The zero-order valence-corrected chi connectivity index (χ0v) is 37.5. The van der Waals surface area contributed by atoms with E-state index in [1.165, 1.54) is 16.7 Å². The van der Waals surface area contributed by atoms with Crippen molar-refractivity contribution in [1.29, 1.82) is 0 Å². The van der Waals surface area contributed by atoms with Gasteiger partial charge in [-0.05, 0) is 81.1 Å². The van der Waals surface area contributed by atoms with E-state index < -0.39 is 60.4 Å². The van der Waals surface area contributed by atoms with Gasteiger partial charge in [0.05, 0.1) is 30.4 Å². The molecule has 312 valence electrons. The first-order valence-electron chi connectivity index (χ1n) is 25.7. The van der Waals surface area contributed by atoms with Crippen LogP contribution in [-0.2, 0) is 31.9 Å². The minimum Gasteiger partial charge on any atom is -0.510 e. The number of benzene rings is 7. The number of para-hydroxylation sites is 4. The molecule has 5 nitrogen and oxygen atoms in total. The van der Waals surface area contributed by atoms with Gasteiger partial charge in [0.2, 0.25) is 0 Å². The number of pyridine rings is 1. The van der Waals surface area contributed by atoms with Crippen molar-refractivity contribution in [3.63, 3.8) is 0 Å². The second-order valence-electron chi connectivity index (χ2n) is 17.2. The third kappa shape index (κ3) is 6.82. The summed E-state index contributed by atoms with van der Waals surface area (Å²) >= 11 is 0. The molecular weight excluding hydrogens is 952 g/mol. The molecule has 0 atom stereocenters. The van der Waals surface area contributed by atoms with E-state index in [9.17, 15) is 0 Å². The summed E-state index contributed by atoms with van der Waals surface area (Å²) in [7, 11) is 0. The molecule has 0 saturated heterocycles. The van der Waals surface area contributed by atoms with Crippen LogP contribution in [0.1, 0.15) is 70.9 Å². The predicted molar refractivity (Wildman–Crippen MR) is 251 cm³/mol. The minimum absolute atomic E-state index is 0. The predicted octanol–water partition coefficient (Wildman–Crippen LogP) is 13.6. The van der Waals surface area contributed by atoms with Crippen LogP contribution in [0.25, 0.3) is 72.3 Å². The van der Waals surface area contributed by atoms with Crippen molar-refractivity contribution in [3.05, 3.63) is 199 Å². The van der Waals surface area contributed by atoms with Gasteiger partial charge in [-0.1, -0.05) is 154 Å². The maximum atomic E-state index is 9.03. The summed E-state index contributed by atoms with van der Waals surface area (Å²) in [6.45, 7) is 11.4. The Morgan fingerprint density at radius 2 is 1.27 bits per heavy atom. The van der Waals surface area contributed by atoms with Gasteiger partial charge in [0.15, 0.2) is 0 Å². The molecule has 0 unspecified atom stereocenters. The zero-order chi connectivity index (χ0) is 50.9. The standard InChI is InChI=1S/C57H46N4O.Pt/c1-38-36-58-55(53-52(38)56(2,3)32-33-57(53,4)5)61-48-27-13-12-24-46(48)47-31-30-43(35-51(47)61)62-42-23-16-22-41(34-42)59-37-60(50-29-15-14-28-49(50)59)54-44(39-18-8-6-9-19-39)25-17-26-45(54)40-20-10-7-11-21-40;/h6-31,36H,32-33H2,1-5H3;/q-2;/i6D,7D,8D,9D,10D,11D,18D,19D,20D,21D;. The molecule has 3 aromatic heterocycles. The van der Waals surface area contributed by atoms with Crippen molar-refractivity contribution in [2.24, 2.45) is 0 Å². The fraction of sp³-hybridized carbons (Fsp3) is 0.158. The van der Waals surface area contributed by atoms with Crippen LogP contribution in [-0.4, -0.2) is 14.1 Å². The number of aromatic nitrogens is 4. The molecular formula is C57H46N4OPt-2. The average Bonchev–Trinajstić information content (AvgIpc) is 3.91. The van der Waals surface area contributed by atoms with Crippen molar-refractivity contribution in [3.8, 4) is 50.9 Å². The molecule has 6 heteroatoms. The van der Waals surface area contributed by atoms with Gasteiger partial charge in [-0.3, -0.25) is 4.57 Å². The van der Waals surface area contributed by atoms with Crippen molar-refractivity contribution in [2.75, 3.05) is 0 Å². The number of imidazole rings is 1. The van der Waals surface area contributed by atoms with Crippen LogP contribution >= 0.6 is 0 Å². The first-order chi connectivity index (χ1) is 34.3. The SMILES string of the molecule is [2H]c1c([2H])c([2H])c(-c2cccc(-c3c([2H])c([2H])c([2H])c([2H])c3[2H])c2-[n+]2[c-]n(-c3[c-]c(Oc4[c-]c5c(cc4)c4ccccc4n5-c4ncc(C)c5c4C(C)(C)CCC5(C)C)ccc3)c3ccccc32)c([2H])c1[2H].[Pt]. The van der Waals surface area contributed by atoms with Crippen LogP contribution in [0.3, 0.4) is 0 Å². The summed E-state index contributed by atoms with van der Waals surface area (Å²) in [5.74, 6) is 1.71. The first kappa shape index (κ1) is 30.5. The second kappa shape index (κ2) is 15.7. The maximum absolute atomic E-state index is 9.03. The molecule has 1 aliphatic rings. The molecule has 0 N–H and O–H groups in total. The van der Waals surface area contributed by atoms with E-state index in [4.69, 9.17) is 23.4 Å². The monoisotopic (exact) mass is 1010 g/mol. The molecule has 7 aromatic carbocycles. The van der Waals surface area contributed by atoms with E-state index in [2.05, 4.69) is 75.8 Å². The van der Waals surface area contributed by atoms with Gasteiger partial charge in [0.25, 0.3) is 6.33 Å². The van der Waals surface area contributed by atoms with Gasteiger partial charge in [-0.15, -0.1) is 29.7 Å². The van der Waals surface area contributed by atoms with Gasteiger partial charge in [-0.2, -0.15) is 18.2 Å². The van der Waals surface area contributed by atoms with Crippen molar-refractivity contribution in [1.82, 2.24) is 14.1 Å². The molecule has 0 bridgehead atoms. The molecule has 0 radical (unpaired) electrons. The summed E-state index contributed by atoms with van der Waals surface area (Å²) in [6, 6.07) is 31.6. The fourth-order valence-electron chi connectivity index (χ4n) is 9.41. The number of fused-ring (bicyclic) bond motifs is 5. The van der Waals surface area contributed by atoms with Gasteiger partial charge in [-0.25, -0.2) is 4.98 Å². The zero-order valence-electron chi connectivity index (χ0n) is 45.2. The van der Waals surface area contributed by atoms with Gasteiger partial charge < -0.3 is 13.9 Å². The van der Waals surface area contributed by atoms with Crippen LogP contribution in [0.15, 0.2) is 164 Å². The fourth-order valence-corrected chi connectivity index (χ4v) is 9.41. The summed E-state index contributed by atoms with van der Waals surface area (Å²) < 4.78 is 99.3. The van der Waals surface area contributed by atoms with Gasteiger partial charge in [0, 0.05) is 49.8 Å². The smallest absolute Gasteiger partial charge is 0.268 e. The van der Waals surface area contributed by atoms with Crippen LogP contribution in [0.4, 0.5) is 0 Å². The number of hydrogen-bond acceptors (Lipinski definition) is 2. The van der Waals surface area contributed by atoms with E-state index in [0.717, 1.165) is 40.5 Å². The molecule has 1 aliphatic carbocycles. The van der Waals surface area contributed by atoms with Gasteiger partial charge >= 0.3 is 0 Å².